The van der Waals surface area contributed by atoms with Crippen molar-refractivity contribution in [1.29, 1.82) is 0 Å². The Morgan fingerprint density at radius 1 is 1.00 bits per heavy atom. The molecule has 15 heavy (non-hydrogen) atoms. The van der Waals surface area contributed by atoms with Gasteiger partial charge in [0, 0.05) is 38.5 Å². The summed E-state index contributed by atoms with van der Waals surface area (Å²) in [6.07, 6.45) is 0.669. The van der Waals surface area contributed by atoms with Crippen molar-refractivity contribution in [3.05, 3.63) is 0 Å². The van der Waals surface area contributed by atoms with Gasteiger partial charge in [0.25, 0.3) is 0 Å². The van der Waals surface area contributed by atoms with E-state index in [0.29, 0.717) is 12.2 Å². The van der Waals surface area contributed by atoms with Gasteiger partial charge in [-0.1, -0.05) is 34.6 Å². The molecule has 0 saturated carbocycles. The van der Waals surface area contributed by atoms with E-state index in [2.05, 4.69) is 30.8 Å². The number of hydrogen-bond donors (Lipinski definition) is 0. The zero-order valence-corrected chi connectivity index (χ0v) is 10.9. The number of ketones is 1. The van der Waals surface area contributed by atoms with Gasteiger partial charge < -0.3 is 0 Å². The molecule has 0 aliphatic rings. The van der Waals surface area contributed by atoms with Crippen LogP contribution < -0.4 is 0 Å². The quantitative estimate of drug-likeness (QED) is 0.579. The van der Waals surface area contributed by atoms with Crippen LogP contribution in [0.5, 0.6) is 0 Å². The topological polar surface area (TPSA) is 23.6 Å². The first-order valence-corrected chi connectivity index (χ1v) is 6.09. The molecule has 0 heterocycles. The van der Waals surface area contributed by atoms with Gasteiger partial charge in [0.05, 0.1) is 0 Å². The molecule has 0 radical (unpaired) electrons. The van der Waals surface area contributed by atoms with Crippen molar-refractivity contribution in [2.75, 3.05) is 26.2 Å². The Bertz CT molecular complexity index is 176. The summed E-state index contributed by atoms with van der Waals surface area (Å²) in [5.41, 5.74) is 0. The van der Waals surface area contributed by atoms with Crippen molar-refractivity contribution in [3.8, 4) is 0 Å². The lowest BCUT2D eigenvalue weighted by atomic mass is 10.1. The molecule has 0 atom stereocenters. The van der Waals surface area contributed by atoms with Crippen LogP contribution in [0.3, 0.4) is 0 Å². The molecule has 0 saturated heterocycles. The maximum absolute atomic E-state index is 11.5. The van der Waals surface area contributed by atoms with Crippen LogP contribution in [0, 0.1) is 5.92 Å². The zero-order valence-electron chi connectivity index (χ0n) is 10.9. The molecule has 0 aromatic rings. The Hall–Kier alpha value is -0.410. The van der Waals surface area contributed by atoms with E-state index in [9.17, 15) is 4.79 Å². The lowest BCUT2D eigenvalue weighted by Gasteiger charge is -2.32. The second-order valence-electron chi connectivity index (χ2n) is 4.06. The van der Waals surface area contributed by atoms with Crippen molar-refractivity contribution < 1.29 is 4.79 Å². The van der Waals surface area contributed by atoms with Gasteiger partial charge in [-0.25, -0.2) is 10.0 Å². The summed E-state index contributed by atoms with van der Waals surface area (Å²) in [6.45, 7) is 14.2. The van der Waals surface area contributed by atoms with Crippen LogP contribution in [0.15, 0.2) is 0 Å². The van der Waals surface area contributed by atoms with Gasteiger partial charge in [-0.15, -0.1) is 0 Å². The van der Waals surface area contributed by atoms with Gasteiger partial charge in [0.15, 0.2) is 0 Å². The summed E-state index contributed by atoms with van der Waals surface area (Å²) in [4.78, 5) is 11.5. The molecular weight excluding hydrogens is 188 g/mol. The molecule has 0 bridgehead atoms. The number of hydrogen-bond acceptors (Lipinski definition) is 3. The summed E-state index contributed by atoms with van der Waals surface area (Å²) in [7, 11) is 0. The first-order chi connectivity index (χ1) is 7.06. The minimum atomic E-state index is 0.167. The molecule has 0 rings (SSSR count). The number of carbonyl (C=O) groups excluding carboxylic acids is 1. The zero-order chi connectivity index (χ0) is 11.8. The highest BCUT2D eigenvalue weighted by Crippen LogP contribution is 2.03. The largest absolute Gasteiger partial charge is 0.299 e. The molecule has 3 nitrogen and oxygen atoms in total. The summed E-state index contributed by atoms with van der Waals surface area (Å²) in [6, 6.07) is 0. The highest BCUT2D eigenvalue weighted by atomic mass is 16.1. The average molecular weight is 214 g/mol. The summed E-state index contributed by atoms with van der Waals surface area (Å²) < 4.78 is 0. The fourth-order valence-corrected chi connectivity index (χ4v) is 1.65. The van der Waals surface area contributed by atoms with Gasteiger partial charge >= 0.3 is 0 Å². The number of carbonyl (C=O) groups is 1. The van der Waals surface area contributed by atoms with Crippen LogP contribution in [0.2, 0.25) is 0 Å². The van der Waals surface area contributed by atoms with E-state index >= 15 is 0 Å². The molecule has 0 aliphatic carbocycles. The number of nitrogens with zero attached hydrogens (tertiary/aromatic N) is 2. The van der Waals surface area contributed by atoms with Gasteiger partial charge in [-0.05, 0) is 0 Å². The van der Waals surface area contributed by atoms with Crippen LogP contribution in [0.1, 0.15) is 41.0 Å². The Balaban J connectivity index is 4.04. The number of rotatable bonds is 8. The summed E-state index contributed by atoms with van der Waals surface area (Å²) in [5, 5.41) is 4.55. The molecule has 0 unspecified atom stereocenters. The molecule has 0 aromatic heterocycles. The molecular formula is C12H26N2O. The molecule has 0 fully saturated rings. The third-order valence-corrected chi connectivity index (χ3v) is 2.76. The van der Waals surface area contributed by atoms with Gasteiger partial charge in [0.2, 0.25) is 0 Å². The molecule has 0 N–H and O–H groups in total. The SMILES string of the molecule is CCN(CC)N(CC)CCC(=O)C(C)C. The normalized spacial score (nSPS) is 11.7. The van der Waals surface area contributed by atoms with Gasteiger partial charge in [0.1, 0.15) is 5.78 Å². The lowest BCUT2D eigenvalue weighted by molar-refractivity contribution is -0.123. The maximum Gasteiger partial charge on any atom is 0.136 e. The van der Waals surface area contributed by atoms with Crippen molar-refractivity contribution in [3.63, 3.8) is 0 Å². The molecule has 90 valence electrons. The predicted octanol–water partition coefficient (Wildman–Crippen LogP) is 2.18. The Kier molecular flexibility index (Phi) is 7.61. The second-order valence-corrected chi connectivity index (χ2v) is 4.06. The van der Waals surface area contributed by atoms with Crippen molar-refractivity contribution >= 4 is 5.78 Å². The van der Waals surface area contributed by atoms with E-state index < -0.39 is 0 Å². The molecule has 0 aliphatic heterocycles. The molecule has 0 aromatic carbocycles. The van der Waals surface area contributed by atoms with E-state index in [-0.39, 0.29) is 5.92 Å². The Labute approximate surface area is 94.4 Å². The van der Waals surface area contributed by atoms with E-state index in [0.717, 1.165) is 26.2 Å². The van der Waals surface area contributed by atoms with Crippen molar-refractivity contribution in [1.82, 2.24) is 10.0 Å². The summed E-state index contributed by atoms with van der Waals surface area (Å²) >= 11 is 0. The standard InChI is InChI=1S/C12H26N2O/c1-6-13(7-2)14(8-3)10-9-12(15)11(4)5/h11H,6-10H2,1-5H3. The molecule has 0 amide bonds. The Morgan fingerprint density at radius 2 is 1.47 bits per heavy atom. The van der Waals surface area contributed by atoms with Crippen LogP contribution >= 0.6 is 0 Å². The van der Waals surface area contributed by atoms with E-state index in [1.807, 2.05) is 13.8 Å². The Morgan fingerprint density at radius 3 is 1.80 bits per heavy atom. The molecule has 3 heteroatoms. The van der Waals surface area contributed by atoms with Gasteiger partial charge in [-0.3, -0.25) is 4.79 Å². The first kappa shape index (κ1) is 14.6. The molecule has 0 spiro atoms. The van der Waals surface area contributed by atoms with Gasteiger partial charge in [-0.2, -0.15) is 0 Å². The second kappa shape index (κ2) is 7.83. The fourth-order valence-electron chi connectivity index (χ4n) is 1.65. The van der Waals surface area contributed by atoms with Crippen molar-refractivity contribution in [2.24, 2.45) is 5.92 Å². The third kappa shape index (κ3) is 5.28. The highest BCUT2D eigenvalue weighted by molar-refractivity contribution is 5.80. The van der Waals surface area contributed by atoms with E-state index in [4.69, 9.17) is 0 Å². The van der Waals surface area contributed by atoms with Crippen LogP contribution in [-0.2, 0) is 4.79 Å². The fraction of sp³-hybridized carbons (Fsp3) is 0.917. The number of Topliss-reactive ketones (excluding diaryl/α,β-unsaturated/α-hetero) is 1. The predicted molar refractivity (Wildman–Crippen MR) is 64.6 cm³/mol. The average Bonchev–Trinajstić information content (AvgIpc) is 2.23. The maximum atomic E-state index is 11.5. The first-order valence-electron chi connectivity index (χ1n) is 6.09. The van der Waals surface area contributed by atoms with Crippen LogP contribution in [-0.4, -0.2) is 42.0 Å². The number of hydrazine groups is 1. The van der Waals surface area contributed by atoms with E-state index in [1.54, 1.807) is 0 Å². The van der Waals surface area contributed by atoms with Crippen LogP contribution in [0.4, 0.5) is 0 Å². The van der Waals surface area contributed by atoms with E-state index in [1.165, 1.54) is 0 Å². The van der Waals surface area contributed by atoms with Crippen LogP contribution in [0.25, 0.3) is 0 Å². The monoisotopic (exact) mass is 214 g/mol. The minimum absolute atomic E-state index is 0.167. The van der Waals surface area contributed by atoms with Crippen molar-refractivity contribution in [2.45, 2.75) is 41.0 Å². The highest BCUT2D eigenvalue weighted by Gasteiger charge is 2.13. The minimum Gasteiger partial charge on any atom is -0.299 e. The summed E-state index contributed by atoms with van der Waals surface area (Å²) in [5.74, 6) is 0.529. The third-order valence-electron chi connectivity index (χ3n) is 2.76. The lowest BCUT2D eigenvalue weighted by Crippen LogP contribution is -2.43. The smallest absolute Gasteiger partial charge is 0.136 e.